The topological polar surface area (TPSA) is 79.2 Å². The first-order valence-electron chi connectivity index (χ1n) is 8.55. The van der Waals surface area contributed by atoms with Crippen LogP contribution in [0, 0.1) is 0 Å². The molecule has 1 aliphatic rings. The maximum atomic E-state index is 9.79. The summed E-state index contributed by atoms with van der Waals surface area (Å²) in [6.07, 6.45) is 9.52. The molecule has 130 valence electrons. The molecule has 1 heterocycles. The third kappa shape index (κ3) is 7.20. The smallest absolute Gasteiger partial charge is 0.114 e. The summed E-state index contributed by atoms with van der Waals surface area (Å²) in [4.78, 5) is 0. The number of unbranched alkanes of at least 4 members (excludes halogenated alkanes) is 5. The van der Waals surface area contributed by atoms with Gasteiger partial charge in [0.25, 0.3) is 0 Å². The largest absolute Gasteiger partial charge is 0.394 e. The van der Waals surface area contributed by atoms with Gasteiger partial charge in [-0.05, 0) is 32.1 Å². The maximum Gasteiger partial charge on any atom is 0.114 e. The predicted octanol–water partition coefficient (Wildman–Crippen LogP) is 1.79. The van der Waals surface area contributed by atoms with E-state index in [1.54, 1.807) is 0 Å². The van der Waals surface area contributed by atoms with E-state index >= 15 is 0 Å². The number of hydrogen-bond donors (Lipinski definition) is 3. The highest BCUT2D eigenvalue weighted by Gasteiger charge is 2.40. The van der Waals surface area contributed by atoms with Gasteiger partial charge in [-0.2, -0.15) is 0 Å². The molecule has 0 amide bonds. The van der Waals surface area contributed by atoms with Crippen molar-refractivity contribution < 1.29 is 24.8 Å². The quantitative estimate of drug-likeness (QED) is 0.378. The van der Waals surface area contributed by atoms with Gasteiger partial charge in [-0.3, -0.25) is 0 Å². The molecule has 0 radical (unpaired) electrons. The molecule has 1 rings (SSSR count). The predicted molar refractivity (Wildman–Crippen MR) is 85.7 cm³/mol. The lowest BCUT2D eigenvalue weighted by Gasteiger charge is -2.23. The highest BCUT2D eigenvalue weighted by atomic mass is 16.6. The summed E-state index contributed by atoms with van der Waals surface area (Å²) in [5.41, 5.74) is 0. The molecule has 3 N–H and O–H groups in total. The van der Waals surface area contributed by atoms with Crippen LogP contribution in [0.4, 0.5) is 0 Å². The first-order valence-corrected chi connectivity index (χ1v) is 8.55. The standard InChI is InChI=1S/C17H32O5/c1-2-3-4-5-6-7-8-9-10-11-21-17-15(20)13-22-16(17)14(19)12-18/h6-7,14-20H,2-5,8-13H2,1H3/b7-6+/t14-,15+,16+,17+/m1/s1. The zero-order chi connectivity index (χ0) is 16.2. The second kappa shape index (κ2) is 12.0. The van der Waals surface area contributed by atoms with Gasteiger partial charge in [0.1, 0.15) is 24.4 Å². The Morgan fingerprint density at radius 3 is 2.50 bits per heavy atom. The van der Waals surface area contributed by atoms with E-state index in [1.165, 1.54) is 19.3 Å². The molecule has 0 bridgehead atoms. The Hall–Kier alpha value is -0.460. The minimum Gasteiger partial charge on any atom is -0.394 e. The van der Waals surface area contributed by atoms with Gasteiger partial charge in [0.2, 0.25) is 0 Å². The highest BCUT2D eigenvalue weighted by Crippen LogP contribution is 2.21. The molecule has 0 aromatic heterocycles. The van der Waals surface area contributed by atoms with Gasteiger partial charge in [-0.15, -0.1) is 0 Å². The molecule has 1 saturated heterocycles. The Kier molecular flexibility index (Phi) is 10.7. The first kappa shape index (κ1) is 19.6. The molecule has 1 fully saturated rings. The van der Waals surface area contributed by atoms with Gasteiger partial charge >= 0.3 is 0 Å². The maximum absolute atomic E-state index is 9.79. The van der Waals surface area contributed by atoms with Crippen LogP contribution in [0.5, 0.6) is 0 Å². The Labute approximate surface area is 133 Å². The summed E-state index contributed by atoms with van der Waals surface area (Å²) in [6, 6.07) is 0. The molecule has 1 aliphatic heterocycles. The van der Waals surface area contributed by atoms with Crippen LogP contribution in [0.2, 0.25) is 0 Å². The molecule has 0 unspecified atom stereocenters. The van der Waals surface area contributed by atoms with Crippen LogP contribution in [0.15, 0.2) is 12.2 Å². The number of rotatable bonds is 12. The van der Waals surface area contributed by atoms with Crippen molar-refractivity contribution >= 4 is 0 Å². The average Bonchev–Trinajstić information content (AvgIpc) is 2.89. The van der Waals surface area contributed by atoms with Crippen LogP contribution in [-0.4, -0.2) is 59.6 Å². The number of aliphatic hydroxyl groups excluding tert-OH is 3. The summed E-state index contributed by atoms with van der Waals surface area (Å²) in [5.74, 6) is 0. The summed E-state index contributed by atoms with van der Waals surface area (Å²) < 4.78 is 10.9. The van der Waals surface area contributed by atoms with Gasteiger partial charge in [0.15, 0.2) is 0 Å². The van der Waals surface area contributed by atoms with E-state index in [0.717, 1.165) is 25.7 Å². The normalized spacial score (nSPS) is 26.8. The van der Waals surface area contributed by atoms with E-state index < -0.39 is 24.4 Å². The Morgan fingerprint density at radius 1 is 1.18 bits per heavy atom. The van der Waals surface area contributed by atoms with Crippen molar-refractivity contribution in [2.45, 2.75) is 76.3 Å². The van der Waals surface area contributed by atoms with E-state index in [4.69, 9.17) is 14.6 Å². The fraction of sp³-hybridized carbons (Fsp3) is 0.882. The van der Waals surface area contributed by atoms with Crippen molar-refractivity contribution in [1.82, 2.24) is 0 Å². The molecular formula is C17H32O5. The van der Waals surface area contributed by atoms with Crippen molar-refractivity contribution in [2.75, 3.05) is 19.8 Å². The van der Waals surface area contributed by atoms with Crippen molar-refractivity contribution in [2.24, 2.45) is 0 Å². The van der Waals surface area contributed by atoms with E-state index in [9.17, 15) is 10.2 Å². The van der Waals surface area contributed by atoms with E-state index in [2.05, 4.69) is 19.1 Å². The Balaban J connectivity index is 2.08. The monoisotopic (exact) mass is 316 g/mol. The fourth-order valence-corrected chi connectivity index (χ4v) is 2.59. The number of allylic oxidation sites excluding steroid dienone is 2. The van der Waals surface area contributed by atoms with Crippen molar-refractivity contribution in [1.29, 1.82) is 0 Å². The van der Waals surface area contributed by atoms with Crippen LogP contribution in [0.25, 0.3) is 0 Å². The Bertz CT molecular complexity index is 295. The summed E-state index contributed by atoms with van der Waals surface area (Å²) in [5, 5.41) is 28.4. The van der Waals surface area contributed by atoms with Gasteiger partial charge in [-0.1, -0.05) is 31.9 Å². The fourth-order valence-electron chi connectivity index (χ4n) is 2.59. The molecular weight excluding hydrogens is 284 g/mol. The minimum absolute atomic E-state index is 0.146. The molecule has 0 aromatic carbocycles. The summed E-state index contributed by atoms with van der Waals surface area (Å²) in [6.45, 7) is 2.50. The van der Waals surface area contributed by atoms with E-state index in [-0.39, 0.29) is 13.2 Å². The second-order valence-corrected chi connectivity index (χ2v) is 5.91. The number of hydrogen-bond acceptors (Lipinski definition) is 5. The molecule has 0 saturated carbocycles. The molecule has 0 spiro atoms. The van der Waals surface area contributed by atoms with Crippen molar-refractivity contribution in [3.8, 4) is 0 Å². The van der Waals surface area contributed by atoms with Crippen LogP contribution in [0.3, 0.4) is 0 Å². The van der Waals surface area contributed by atoms with Gasteiger partial charge in [0, 0.05) is 6.61 Å². The SMILES string of the molecule is CCCCC/C=C/CCCCO[C@@H]1[C@H]([C@H](O)CO)OC[C@@H]1O. The molecule has 0 aliphatic carbocycles. The van der Waals surface area contributed by atoms with Gasteiger partial charge in [0.05, 0.1) is 13.2 Å². The molecule has 22 heavy (non-hydrogen) atoms. The number of ether oxygens (including phenoxy) is 2. The average molecular weight is 316 g/mol. The third-order valence-corrected chi connectivity index (χ3v) is 3.95. The highest BCUT2D eigenvalue weighted by molar-refractivity contribution is 4.89. The Morgan fingerprint density at radius 2 is 1.86 bits per heavy atom. The third-order valence-electron chi connectivity index (χ3n) is 3.95. The summed E-state index contributed by atoms with van der Waals surface area (Å²) in [7, 11) is 0. The van der Waals surface area contributed by atoms with Crippen molar-refractivity contribution in [3.05, 3.63) is 12.2 Å². The lowest BCUT2D eigenvalue weighted by Crippen LogP contribution is -2.42. The molecule has 4 atom stereocenters. The van der Waals surface area contributed by atoms with Crippen LogP contribution in [0.1, 0.15) is 51.9 Å². The molecule has 0 aromatic rings. The number of aliphatic hydroxyl groups is 3. The zero-order valence-electron chi connectivity index (χ0n) is 13.7. The zero-order valence-corrected chi connectivity index (χ0v) is 13.7. The lowest BCUT2D eigenvalue weighted by molar-refractivity contribution is -0.0937. The first-order chi connectivity index (χ1) is 10.7. The minimum atomic E-state index is -1.01. The second-order valence-electron chi connectivity index (χ2n) is 5.91. The van der Waals surface area contributed by atoms with Gasteiger partial charge < -0.3 is 24.8 Å². The molecule has 5 heteroatoms. The van der Waals surface area contributed by atoms with Crippen molar-refractivity contribution in [3.63, 3.8) is 0 Å². The van der Waals surface area contributed by atoms with Crippen LogP contribution >= 0.6 is 0 Å². The van der Waals surface area contributed by atoms with Crippen LogP contribution in [-0.2, 0) is 9.47 Å². The van der Waals surface area contributed by atoms with Crippen LogP contribution < -0.4 is 0 Å². The summed E-state index contributed by atoms with van der Waals surface area (Å²) >= 11 is 0. The molecule has 5 nitrogen and oxygen atoms in total. The van der Waals surface area contributed by atoms with E-state index in [0.29, 0.717) is 6.61 Å². The lowest BCUT2D eigenvalue weighted by atomic mass is 10.1. The van der Waals surface area contributed by atoms with E-state index in [1.807, 2.05) is 0 Å². The van der Waals surface area contributed by atoms with Gasteiger partial charge in [-0.25, -0.2) is 0 Å².